The summed E-state index contributed by atoms with van der Waals surface area (Å²) in [6, 6.07) is 5.61. The predicted molar refractivity (Wildman–Crippen MR) is 83.5 cm³/mol. The van der Waals surface area contributed by atoms with Crippen LogP contribution in [0.4, 0.5) is 0 Å². The molecule has 2 fully saturated rings. The number of Topliss-reactive ketones (excluding diaryl/α,β-unsaturated/α-hetero) is 1. The minimum atomic E-state index is -2.98. The molecule has 2 unspecified atom stereocenters. The zero-order valence-corrected chi connectivity index (χ0v) is 13.2. The SMILES string of the molecule is Cn1ncc2ccc(C(=O)C3CC4CCC(C3)S4(=O)=O)cc21. The van der Waals surface area contributed by atoms with Crippen molar-refractivity contribution in [1.29, 1.82) is 0 Å². The number of benzene rings is 1. The molecule has 2 saturated heterocycles. The third-order valence-electron chi connectivity index (χ3n) is 5.24. The molecular weight excluding hydrogens is 300 g/mol. The van der Waals surface area contributed by atoms with Gasteiger partial charge in [-0.3, -0.25) is 9.48 Å². The molecule has 0 spiro atoms. The van der Waals surface area contributed by atoms with E-state index in [4.69, 9.17) is 0 Å². The fraction of sp³-hybridized carbons (Fsp3) is 0.500. The lowest BCUT2D eigenvalue weighted by molar-refractivity contribution is 0.0905. The lowest BCUT2D eigenvalue weighted by Gasteiger charge is -2.27. The second-order valence-electron chi connectivity index (χ2n) is 6.48. The monoisotopic (exact) mass is 318 g/mol. The Bertz CT molecular complexity index is 849. The van der Waals surface area contributed by atoms with E-state index < -0.39 is 9.84 Å². The smallest absolute Gasteiger partial charge is 0.166 e. The van der Waals surface area contributed by atoms with Crippen molar-refractivity contribution in [1.82, 2.24) is 9.78 Å². The van der Waals surface area contributed by atoms with Gasteiger partial charge in [-0.15, -0.1) is 0 Å². The van der Waals surface area contributed by atoms with Crippen LogP contribution in [0.5, 0.6) is 0 Å². The molecular formula is C16H18N2O3S. The van der Waals surface area contributed by atoms with Crippen molar-refractivity contribution in [2.75, 3.05) is 0 Å². The van der Waals surface area contributed by atoms with Crippen LogP contribution < -0.4 is 0 Å². The number of carbonyl (C=O) groups excluding carboxylic acids is 1. The molecule has 2 aliphatic heterocycles. The van der Waals surface area contributed by atoms with Gasteiger partial charge in [0.1, 0.15) is 0 Å². The summed E-state index contributed by atoms with van der Waals surface area (Å²) >= 11 is 0. The first kappa shape index (κ1) is 13.9. The Morgan fingerprint density at radius 1 is 1.23 bits per heavy atom. The summed E-state index contributed by atoms with van der Waals surface area (Å²) < 4.78 is 26.0. The quantitative estimate of drug-likeness (QED) is 0.795. The molecule has 6 heteroatoms. The van der Waals surface area contributed by atoms with E-state index in [1.807, 2.05) is 25.2 Å². The number of hydrogen-bond acceptors (Lipinski definition) is 4. The van der Waals surface area contributed by atoms with Crippen LogP contribution in [-0.2, 0) is 16.9 Å². The molecule has 1 aromatic heterocycles. The molecule has 2 aliphatic rings. The molecule has 1 aromatic carbocycles. The summed E-state index contributed by atoms with van der Waals surface area (Å²) in [7, 11) is -1.13. The fourth-order valence-corrected chi connectivity index (χ4v) is 6.43. The molecule has 0 saturated carbocycles. The molecule has 0 aliphatic carbocycles. The summed E-state index contributed by atoms with van der Waals surface area (Å²) in [5.41, 5.74) is 1.59. The van der Waals surface area contributed by atoms with Crippen LogP contribution in [0.25, 0.3) is 10.9 Å². The van der Waals surface area contributed by atoms with E-state index in [2.05, 4.69) is 5.10 Å². The summed E-state index contributed by atoms with van der Waals surface area (Å²) in [5.74, 6) is -0.0818. The van der Waals surface area contributed by atoms with E-state index >= 15 is 0 Å². The van der Waals surface area contributed by atoms with Crippen molar-refractivity contribution >= 4 is 26.5 Å². The van der Waals surface area contributed by atoms with Crippen molar-refractivity contribution in [3.05, 3.63) is 30.0 Å². The number of fused-ring (bicyclic) bond motifs is 3. The van der Waals surface area contributed by atoms with Crippen LogP contribution in [0.1, 0.15) is 36.0 Å². The van der Waals surface area contributed by atoms with Crippen LogP contribution in [0, 0.1) is 5.92 Å². The highest BCUT2D eigenvalue weighted by Gasteiger charge is 2.48. The highest BCUT2D eigenvalue weighted by atomic mass is 32.2. The number of sulfone groups is 1. The number of ketones is 1. The van der Waals surface area contributed by atoms with Crippen molar-refractivity contribution in [3.63, 3.8) is 0 Å². The van der Waals surface area contributed by atoms with E-state index in [1.165, 1.54) is 0 Å². The first-order valence-electron chi connectivity index (χ1n) is 7.65. The second-order valence-corrected chi connectivity index (χ2v) is 9.00. The number of aryl methyl sites for hydroxylation is 1. The average molecular weight is 318 g/mol. The van der Waals surface area contributed by atoms with Crippen LogP contribution >= 0.6 is 0 Å². The summed E-state index contributed by atoms with van der Waals surface area (Å²) in [6.45, 7) is 0. The molecule has 22 heavy (non-hydrogen) atoms. The Balaban J connectivity index is 1.65. The van der Waals surface area contributed by atoms with E-state index in [-0.39, 0.29) is 22.2 Å². The van der Waals surface area contributed by atoms with Gasteiger partial charge in [0.25, 0.3) is 0 Å². The normalized spacial score (nSPS) is 29.8. The second kappa shape index (κ2) is 4.65. The summed E-state index contributed by atoms with van der Waals surface area (Å²) in [6.07, 6.45) is 4.19. The molecule has 0 N–H and O–H groups in total. The van der Waals surface area contributed by atoms with Gasteiger partial charge in [-0.05, 0) is 31.7 Å². The molecule has 0 amide bonds. The van der Waals surface area contributed by atoms with E-state index in [0.717, 1.165) is 23.7 Å². The van der Waals surface area contributed by atoms with Crippen LogP contribution in [0.2, 0.25) is 0 Å². The number of nitrogens with zero attached hydrogens (tertiary/aromatic N) is 2. The standard InChI is InChI=1S/C16H18N2O3S/c1-18-15-8-10(2-3-11(15)9-17-18)16(19)12-6-13-4-5-14(7-12)22(13,20)21/h2-3,8-9,12-14H,4-7H2,1H3. The van der Waals surface area contributed by atoms with E-state index in [1.54, 1.807) is 10.9 Å². The third kappa shape index (κ3) is 1.93. The largest absolute Gasteiger partial charge is 0.294 e. The van der Waals surface area contributed by atoms with Gasteiger partial charge in [0.05, 0.1) is 22.2 Å². The minimum Gasteiger partial charge on any atom is -0.294 e. The molecule has 5 nitrogen and oxygen atoms in total. The Morgan fingerprint density at radius 2 is 1.91 bits per heavy atom. The number of carbonyl (C=O) groups is 1. The first-order chi connectivity index (χ1) is 10.5. The zero-order chi connectivity index (χ0) is 15.5. The van der Waals surface area contributed by atoms with Gasteiger partial charge < -0.3 is 0 Å². The first-order valence-corrected chi connectivity index (χ1v) is 9.26. The van der Waals surface area contributed by atoms with Crippen LogP contribution in [0.3, 0.4) is 0 Å². The lowest BCUT2D eigenvalue weighted by Crippen LogP contribution is -2.36. The van der Waals surface area contributed by atoms with Gasteiger partial charge >= 0.3 is 0 Å². The molecule has 2 atom stereocenters. The summed E-state index contributed by atoms with van der Waals surface area (Å²) in [4.78, 5) is 12.8. The Kier molecular flexibility index (Phi) is 2.95. The maximum absolute atomic E-state index is 12.8. The minimum absolute atomic E-state index is 0.0786. The van der Waals surface area contributed by atoms with Crippen molar-refractivity contribution in [2.45, 2.75) is 36.2 Å². The van der Waals surface area contributed by atoms with Gasteiger partial charge in [0.2, 0.25) is 0 Å². The van der Waals surface area contributed by atoms with Crippen molar-refractivity contribution in [2.24, 2.45) is 13.0 Å². The maximum atomic E-state index is 12.8. The molecule has 4 rings (SSSR count). The molecule has 0 radical (unpaired) electrons. The average Bonchev–Trinajstić information content (AvgIpc) is 2.89. The van der Waals surface area contributed by atoms with Gasteiger partial charge in [-0.25, -0.2) is 8.42 Å². The molecule has 2 bridgehead atoms. The highest BCUT2D eigenvalue weighted by Crippen LogP contribution is 2.42. The highest BCUT2D eigenvalue weighted by molar-refractivity contribution is 7.93. The van der Waals surface area contributed by atoms with Crippen LogP contribution in [-0.4, -0.2) is 34.5 Å². The Morgan fingerprint density at radius 3 is 2.59 bits per heavy atom. The van der Waals surface area contributed by atoms with Crippen molar-refractivity contribution in [3.8, 4) is 0 Å². The topological polar surface area (TPSA) is 69.0 Å². The number of hydrogen-bond donors (Lipinski definition) is 0. The Labute approximate surface area is 129 Å². The van der Waals surface area contributed by atoms with Gasteiger partial charge in [0, 0.05) is 23.9 Å². The zero-order valence-electron chi connectivity index (χ0n) is 12.4. The molecule has 2 aromatic rings. The van der Waals surface area contributed by atoms with Crippen molar-refractivity contribution < 1.29 is 13.2 Å². The number of rotatable bonds is 2. The number of aromatic nitrogens is 2. The lowest BCUT2D eigenvalue weighted by atomic mass is 9.90. The van der Waals surface area contributed by atoms with E-state index in [9.17, 15) is 13.2 Å². The summed E-state index contributed by atoms with van der Waals surface area (Å²) in [5, 5.41) is 4.58. The maximum Gasteiger partial charge on any atom is 0.166 e. The Hall–Kier alpha value is -1.69. The fourth-order valence-electron chi connectivity index (χ4n) is 3.95. The van der Waals surface area contributed by atoms with Gasteiger partial charge in [0.15, 0.2) is 15.6 Å². The molecule has 116 valence electrons. The third-order valence-corrected chi connectivity index (χ3v) is 7.95. The molecule has 3 heterocycles. The van der Waals surface area contributed by atoms with Crippen LogP contribution in [0.15, 0.2) is 24.4 Å². The van der Waals surface area contributed by atoms with Gasteiger partial charge in [-0.1, -0.05) is 12.1 Å². The van der Waals surface area contributed by atoms with E-state index in [0.29, 0.717) is 18.4 Å². The predicted octanol–water partition coefficient (Wildman–Crippen LogP) is 2.11. The van der Waals surface area contributed by atoms with Gasteiger partial charge in [-0.2, -0.15) is 5.10 Å².